The molecule has 0 aliphatic heterocycles. The summed E-state index contributed by atoms with van der Waals surface area (Å²) in [6.45, 7) is 1.76. The van der Waals surface area contributed by atoms with E-state index in [1.807, 2.05) is 0 Å². The molecule has 1 aliphatic rings. The zero-order valence-corrected chi connectivity index (χ0v) is 6.28. The van der Waals surface area contributed by atoms with Crippen molar-refractivity contribution in [2.75, 3.05) is 0 Å². The summed E-state index contributed by atoms with van der Waals surface area (Å²) in [6, 6.07) is 4.21. The summed E-state index contributed by atoms with van der Waals surface area (Å²) >= 11 is 0. The Kier molecular flexibility index (Phi) is 1.79. The zero-order valence-electron chi connectivity index (χ0n) is 6.28. The van der Waals surface area contributed by atoms with E-state index in [9.17, 15) is 0 Å². The largest absolute Gasteiger partial charge is 0.198 e. The Morgan fingerprint density at radius 1 is 1.36 bits per heavy atom. The standard InChI is InChI=1S/C9H8N2/c1-9(7-11)5-3-2-4-8(9)6-10/h2-5,8H,1H3. The predicted molar refractivity (Wildman–Crippen MR) is 41.1 cm³/mol. The van der Waals surface area contributed by atoms with Gasteiger partial charge in [-0.15, -0.1) is 0 Å². The SMILES string of the molecule is CC1(C#N)C=CC=CC1C#N. The summed E-state index contributed by atoms with van der Waals surface area (Å²) < 4.78 is 0. The molecule has 0 bridgehead atoms. The molecule has 0 fully saturated rings. The Hall–Kier alpha value is -1.54. The number of nitrogens with zero attached hydrogens (tertiary/aromatic N) is 2. The van der Waals surface area contributed by atoms with E-state index in [0.717, 1.165) is 0 Å². The van der Waals surface area contributed by atoms with E-state index >= 15 is 0 Å². The van der Waals surface area contributed by atoms with Crippen LogP contribution in [0.25, 0.3) is 0 Å². The van der Waals surface area contributed by atoms with E-state index in [-0.39, 0.29) is 5.92 Å². The summed E-state index contributed by atoms with van der Waals surface area (Å²) in [5.41, 5.74) is -0.635. The minimum atomic E-state index is -0.635. The number of allylic oxidation sites excluding steroid dienone is 4. The molecule has 0 N–H and O–H groups in total. The normalized spacial score (nSPS) is 34.3. The highest BCUT2D eigenvalue weighted by atomic mass is 14.4. The molecule has 1 aliphatic carbocycles. The fourth-order valence-electron chi connectivity index (χ4n) is 1.02. The first-order chi connectivity index (χ1) is 5.23. The fraction of sp³-hybridized carbons (Fsp3) is 0.333. The molecule has 0 radical (unpaired) electrons. The highest BCUT2D eigenvalue weighted by molar-refractivity contribution is 5.29. The average Bonchev–Trinajstić information content (AvgIpc) is 2.05. The summed E-state index contributed by atoms with van der Waals surface area (Å²) in [5.74, 6) is -0.308. The van der Waals surface area contributed by atoms with Crippen LogP contribution in [0.1, 0.15) is 6.92 Å². The van der Waals surface area contributed by atoms with Crippen LogP contribution in [0.3, 0.4) is 0 Å². The monoisotopic (exact) mass is 144 g/mol. The van der Waals surface area contributed by atoms with E-state index in [1.165, 1.54) is 0 Å². The maximum atomic E-state index is 8.77. The molecule has 0 saturated carbocycles. The van der Waals surface area contributed by atoms with Crippen LogP contribution in [0.15, 0.2) is 24.3 Å². The van der Waals surface area contributed by atoms with Crippen molar-refractivity contribution in [2.45, 2.75) is 6.92 Å². The van der Waals surface area contributed by atoms with Crippen LogP contribution in [-0.4, -0.2) is 0 Å². The molecule has 2 unspecified atom stereocenters. The molecular formula is C9H8N2. The second-order valence-electron chi connectivity index (χ2n) is 2.75. The van der Waals surface area contributed by atoms with Crippen molar-refractivity contribution in [3.05, 3.63) is 24.3 Å². The van der Waals surface area contributed by atoms with E-state index < -0.39 is 5.41 Å². The van der Waals surface area contributed by atoms with Crippen molar-refractivity contribution < 1.29 is 0 Å². The summed E-state index contributed by atoms with van der Waals surface area (Å²) in [5, 5.41) is 17.4. The Bertz CT molecular complexity index is 288. The Morgan fingerprint density at radius 3 is 2.55 bits per heavy atom. The first-order valence-electron chi connectivity index (χ1n) is 3.40. The molecule has 0 amide bonds. The lowest BCUT2D eigenvalue weighted by Gasteiger charge is -2.22. The van der Waals surface area contributed by atoms with E-state index in [0.29, 0.717) is 0 Å². The van der Waals surface area contributed by atoms with Crippen LogP contribution in [0.2, 0.25) is 0 Å². The third kappa shape index (κ3) is 1.16. The third-order valence-corrected chi connectivity index (χ3v) is 1.88. The Morgan fingerprint density at radius 2 is 2.09 bits per heavy atom. The van der Waals surface area contributed by atoms with Gasteiger partial charge in [-0.2, -0.15) is 10.5 Å². The van der Waals surface area contributed by atoms with Crippen molar-refractivity contribution in [1.29, 1.82) is 10.5 Å². The molecule has 54 valence electrons. The molecule has 0 aromatic heterocycles. The number of hydrogen-bond donors (Lipinski definition) is 0. The second kappa shape index (κ2) is 2.60. The van der Waals surface area contributed by atoms with Gasteiger partial charge in [0.1, 0.15) is 0 Å². The molecule has 0 saturated heterocycles. The predicted octanol–water partition coefficient (Wildman–Crippen LogP) is 1.78. The van der Waals surface area contributed by atoms with Gasteiger partial charge in [0.2, 0.25) is 0 Å². The van der Waals surface area contributed by atoms with Crippen molar-refractivity contribution in [3.63, 3.8) is 0 Å². The maximum Gasteiger partial charge on any atom is 0.0921 e. The first kappa shape index (κ1) is 7.57. The maximum absolute atomic E-state index is 8.77. The van der Waals surface area contributed by atoms with Crippen LogP contribution < -0.4 is 0 Å². The number of hydrogen-bond acceptors (Lipinski definition) is 2. The van der Waals surface area contributed by atoms with Crippen molar-refractivity contribution in [3.8, 4) is 12.1 Å². The van der Waals surface area contributed by atoms with Gasteiger partial charge in [-0.1, -0.05) is 24.3 Å². The lowest BCUT2D eigenvalue weighted by atomic mass is 9.76. The highest BCUT2D eigenvalue weighted by Gasteiger charge is 2.31. The number of rotatable bonds is 0. The second-order valence-corrected chi connectivity index (χ2v) is 2.75. The molecule has 2 atom stereocenters. The molecule has 2 nitrogen and oxygen atoms in total. The van der Waals surface area contributed by atoms with Crippen LogP contribution in [0.5, 0.6) is 0 Å². The van der Waals surface area contributed by atoms with Crippen molar-refractivity contribution >= 4 is 0 Å². The van der Waals surface area contributed by atoms with Gasteiger partial charge in [-0.05, 0) is 6.92 Å². The van der Waals surface area contributed by atoms with Gasteiger partial charge < -0.3 is 0 Å². The topological polar surface area (TPSA) is 47.6 Å². The first-order valence-corrected chi connectivity index (χ1v) is 3.40. The van der Waals surface area contributed by atoms with Crippen molar-refractivity contribution in [1.82, 2.24) is 0 Å². The minimum Gasteiger partial charge on any atom is -0.198 e. The van der Waals surface area contributed by atoms with Crippen LogP contribution in [0.4, 0.5) is 0 Å². The smallest absolute Gasteiger partial charge is 0.0921 e. The molecule has 0 aromatic rings. The minimum absolute atomic E-state index is 0.308. The van der Waals surface area contributed by atoms with Gasteiger partial charge in [-0.25, -0.2) is 0 Å². The fourth-order valence-corrected chi connectivity index (χ4v) is 1.02. The van der Waals surface area contributed by atoms with Crippen LogP contribution in [-0.2, 0) is 0 Å². The quantitative estimate of drug-likeness (QED) is 0.520. The molecule has 1 rings (SSSR count). The molecule has 0 aromatic carbocycles. The van der Waals surface area contributed by atoms with Gasteiger partial charge in [-0.3, -0.25) is 0 Å². The van der Waals surface area contributed by atoms with Gasteiger partial charge in [0.05, 0.1) is 23.5 Å². The van der Waals surface area contributed by atoms with Gasteiger partial charge in [0.15, 0.2) is 0 Å². The average molecular weight is 144 g/mol. The Balaban J connectivity index is 3.00. The summed E-state index contributed by atoms with van der Waals surface area (Å²) in [7, 11) is 0. The molecule has 0 heterocycles. The van der Waals surface area contributed by atoms with Gasteiger partial charge in [0, 0.05) is 0 Å². The summed E-state index contributed by atoms with van der Waals surface area (Å²) in [6.07, 6.45) is 7.12. The molecule has 0 spiro atoms. The lowest BCUT2D eigenvalue weighted by molar-refractivity contribution is 0.480. The van der Waals surface area contributed by atoms with Crippen molar-refractivity contribution in [2.24, 2.45) is 11.3 Å². The zero-order chi connectivity index (χ0) is 8.32. The Labute approximate surface area is 66.1 Å². The van der Waals surface area contributed by atoms with Gasteiger partial charge in [0.25, 0.3) is 0 Å². The number of nitriles is 2. The lowest BCUT2D eigenvalue weighted by Crippen LogP contribution is -2.21. The van der Waals surface area contributed by atoms with Crippen LogP contribution in [0, 0.1) is 34.0 Å². The van der Waals surface area contributed by atoms with Crippen LogP contribution >= 0.6 is 0 Å². The summed E-state index contributed by atoms with van der Waals surface area (Å²) in [4.78, 5) is 0. The third-order valence-electron chi connectivity index (χ3n) is 1.88. The van der Waals surface area contributed by atoms with E-state index in [4.69, 9.17) is 10.5 Å². The van der Waals surface area contributed by atoms with Gasteiger partial charge >= 0.3 is 0 Å². The molecule has 11 heavy (non-hydrogen) atoms. The molecule has 2 heteroatoms. The van der Waals surface area contributed by atoms with E-state index in [2.05, 4.69) is 12.1 Å². The highest BCUT2D eigenvalue weighted by Crippen LogP contribution is 2.31. The van der Waals surface area contributed by atoms with E-state index in [1.54, 1.807) is 31.2 Å². The molecular weight excluding hydrogens is 136 g/mol.